The molecule has 23 nitrogen and oxygen atoms in total. The highest BCUT2D eigenvalue weighted by Crippen LogP contribution is 2.34. The number of carbonyl (C=O) groups excluding carboxylic acids is 3. The molecule has 4 amide bonds. The first-order chi connectivity index (χ1) is 54.7. The third-order valence-electron chi connectivity index (χ3n) is 17.7. The lowest BCUT2D eigenvalue weighted by molar-refractivity contribution is 0.0252. The fourth-order valence-corrected chi connectivity index (χ4v) is 14.0. The summed E-state index contributed by atoms with van der Waals surface area (Å²) in [6, 6.07) is 17.4. The summed E-state index contributed by atoms with van der Waals surface area (Å²) in [6.07, 6.45) is 15.6. The van der Waals surface area contributed by atoms with Gasteiger partial charge in [0.05, 0.1) is 70.0 Å². The molecule has 6 aliphatic heterocycles. The van der Waals surface area contributed by atoms with Crippen molar-refractivity contribution < 1.29 is 37.4 Å². The van der Waals surface area contributed by atoms with Gasteiger partial charge in [0.2, 0.25) is 0 Å². The van der Waals surface area contributed by atoms with Gasteiger partial charge in [-0.1, -0.05) is 112 Å². The number of rotatable bonds is 5. The maximum absolute atomic E-state index is 13.2. The van der Waals surface area contributed by atoms with Crippen LogP contribution in [0.5, 0.6) is 0 Å². The second-order valence-corrected chi connectivity index (χ2v) is 33.5. The van der Waals surface area contributed by atoms with Gasteiger partial charge in [-0.2, -0.15) is 0 Å². The molecule has 0 unspecified atom stereocenters. The molecule has 0 saturated carbocycles. The van der Waals surface area contributed by atoms with Crippen molar-refractivity contribution in [1.82, 2.24) is 55.6 Å². The maximum atomic E-state index is 13.2. The van der Waals surface area contributed by atoms with Crippen LogP contribution < -0.4 is 46.6 Å². The summed E-state index contributed by atoms with van der Waals surface area (Å²) in [4.78, 5) is 71.2. The fraction of sp³-hybridized carbons (Fsp3) is 0.506. The van der Waals surface area contributed by atoms with Gasteiger partial charge in [0.25, 0.3) is 0 Å². The summed E-state index contributed by atoms with van der Waals surface area (Å²) in [7, 11) is 0. The Bertz CT molecular complexity index is 4030. The molecule has 5 aromatic heterocycles. The molecule has 0 bridgehead atoms. The first-order valence-corrected chi connectivity index (χ1v) is 42.7. The number of pyridine rings is 5. The van der Waals surface area contributed by atoms with Gasteiger partial charge in [-0.3, -0.25) is 15.0 Å². The van der Waals surface area contributed by atoms with Crippen molar-refractivity contribution in [2.75, 3.05) is 175 Å². The number of halogens is 13. The van der Waals surface area contributed by atoms with E-state index in [2.05, 4.69) is 88.4 Å². The van der Waals surface area contributed by atoms with E-state index < -0.39 is 22.8 Å². The highest BCUT2D eigenvalue weighted by atomic mass is 127. The third-order valence-corrected chi connectivity index (χ3v) is 22.4. The van der Waals surface area contributed by atoms with E-state index in [1.54, 1.807) is 45.6 Å². The predicted octanol–water partition coefficient (Wildman–Crippen LogP) is 20.2. The summed E-state index contributed by atoms with van der Waals surface area (Å²) in [5.74, 6) is -0.953. The van der Waals surface area contributed by atoms with E-state index in [-0.39, 0.29) is 48.1 Å². The number of carbonyl (C=O) groups is 3. The van der Waals surface area contributed by atoms with Gasteiger partial charge in [0.15, 0.2) is 0 Å². The van der Waals surface area contributed by atoms with Crippen molar-refractivity contribution in [3.05, 3.63) is 175 Å². The molecule has 0 spiro atoms. The summed E-state index contributed by atoms with van der Waals surface area (Å²) in [5.41, 5.74) is 11.7. The SMILES string of the molecule is C.C1CCOC1.C1CNCCNC1.CC(C)(C)OC(=O)N1CCCN(c2ccnc(Cl)c2Cl)CC1.Cc1nccc(N2CCCN(C(=O)Nc3ccc(F)c(Cl)c3)CC2)c1Cl.Cc1nccc(N2CCCN(C(=O)OC(C)(C)C)CC2)c1Cl.Cc1nccc(N2CCCNCC2)c1Cl.Cl.Clc1nccc(I)c1Cl.Nc1ccc(F)c(Cl)c1. The number of benzene rings is 2. The van der Waals surface area contributed by atoms with Crippen molar-refractivity contribution in [1.29, 1.82) is 0 Å². The van der Waals surface area contributed by atoms with Gasteiger partial charge in [0.1, 0.15) is 38.2 Å². The van der Waals surface area contributed by atoms with Crippen LogP contribution in [-0.4, -0.2) is 213 Å². The number of ether oxygens (including phenoxy) is 3. The zero-order chi connectivity index (χ0) is 84.2. The van der Waals surface area contributed by atoms with Crippen LogP contribution >= 0.6 is 139 Å². The van der Waals surface area contributed by atoms with Crippen molar-refractivity contribution in [3.63, 3.8) is 0 Å². The molecule has 0 atom stereocenters. The molecule has 13 rings (SSSR count). The maximum Gasteiger partial charge on any atom is 0.410 e. The molecule has 6 N–H and O–H groups in total. The summed E-state index contributed by atoms with van der Waals surface area (Å²) in [6.45, 7) is 36.2. The fourth-order valence-electron chi connectivity index (χ4n) is 11.7. The lowest BCUT2D eigenvalue weighted by atomic mass is 10.2. The molecule has 6 fully saturated rings. The first kappa shape index (κ1) is 104. The Hall–Kier alpha value is -5.67. The molecule has 2 aromatic carbocycles. The number of aromatic nitrogens is 5. The van der Waals surface area contributed by atoms with E-state index >= 15 is 0 Å². The number of nitrogen functional groups attached to an aromatic ring is 1. The average Bonchev–Trinajstić information content (AvgIpc) is 1.82. The number of urea groups is 1. The Kier molecular flexibility index (Phi) is 47.8. The quantitative estimate of drug-likeness (QED) is 0.0611. The Labute approximate surface area is 754 Å². The van der Waals surface area contributed by atoms with Crippen LogP contribution in [0.25, 0.3) is 0 Å². The van der Waals surface area contributed by atoms with Gasteiger partial charge < -0.3 is 75.5 Å². The highest BCUT2D eigenvalue weighted by molar-refractivity contribution is 14.1. The number of hydrogen-bond acceptors (Lipinski definition) is 19. The highest BCUT2D eigenvalue weighted by Gasteiger charge is 2.29. The number of amides is 4. The third kappa shape index (κ3) is 37.3. The van der Waals surface area contributed by atoms with Crippen LogP contribution in [0.2, 0.25) is 45.5 Å². The van der Waals surface area contributed by atoms with Crippen molar-refractivity contribution in [3.8, 4) is 0 Å². The van der Waals surface area contributed by atoms with Gasteiger partial charge in [-0.15, -0.1) is 12.4 Å². The Morgan fingerprint density at radius 1 is 0.444 bits per heavy atom. The standard InChI is InChI=1S/C18H19Cl2FN4O.C16H24ClN3O2.C15H21Cl2N3O2.C11H16ClN3.C6H5ClFN.C5H2Cl2IN.C5H12N2.C4H8O.CH4.ClH/c1-12-17(20)16(5-6-22-12)24-7-2-8-25(10-9-24)18(26)23-13-3-4-15(21)14(19)11-13;1-12-14(17)13(6-7-18-12)19-8-5-9-20(11-10-19)15(21)22-16(2,3)4;1-15(2,3)22-14(21)20-8-4-7-19(9-10-20)11-5-6-18-13(17)12(11)16;1-9-11(12)10(3-5-14-9)15-7-2-4-13-6-8-15;7-5-3-4(9)1-2-6(5)8;6-4-3(8)1-2-9-5(4)7;1-2-6-4-5-7-3-1;1-2-4-5-3-1;;/h3-6,11H,2,7-10H2,1H3,(H,23,26);6-7H,5,8-11H2,1-4H3;5-6H,4,7-10H2,1-3H3;3,5,13H,2,4,6-8H2,1H3;1-3H,9H2;1-2H;6-7H,1-5H2;1-4H2;1H4;1H. The zero-order valence-corrected chi connectivity index (χ0v) is 76.9. The second-order valence-electron chi connectivity index (χ2n) is 29.0. The van der Waals surface area contributed by atoms with Crippen LogP contribution in [0.4, 0.5) is 57.3 Å². The monoisotopic (exact) mass is 1930 g/mol. The predicted molar refractivity (Wildman–Crippen MR) is 491 cm³/mol. The van der Waals surface area contributed by atoms with E-state index in [9.17, 15) is 23.2 Å². The van der Waals surface area contributed by atoms with Crippen LogP contribution in [0.3, 0.4) is 0 Å². The van der Waals surface area contributed by atoms with Crippen molar-refractivity contribution >= 4 is 192 Å². The van der Waals surface area contributed by atoms with Gasteiger partial charge in [0, 0.05) is 170 Å². The number of anilines is 6. The number of nitrogens with two attached hydrogens (primary N) is 1. The zero-order valence-electron chi connectivity index (χ0n) is 67.1. The largest absolute Gasteiger partial charge is 0.444 e. The lowest BCUT2D eigenvalue weighted by Gasteiger charge is -2.27. The minimum absolute atomic E-state index is 0. The van der Waals surface area contributed by atoms with E-state index in [1.165, 1.54) is 68.8 Å². The number of aryl methyl sites for hydroxylation is 3. The molecule has 0 aliphatic carbocycles. The number of nitrogens with one attached hydrogen (secondary N) is 4. The van der Waals surface area contributed by atoms with E-state index in [1.807, 2.05) is 92.8 Å². The molecule has 6 aliphatic rings. The molecule has 117 heavy (non-hydrogen) atoms. The molecular weight excluding hydrogens is 1830 g/mol. The van der Waals surface area contributed by atoms with E-state index in [0.29, 0.717) is 94.1 Å². The molecule has 0 radical (unpaired) electrons. The molecule has 7 aromatic rings. The molecule has 6 saturated heterocycles. The van der Waals surface area contributed by atoms with Crippen molar-refractivity contribution in [2.24, 2.45) is 0 Å². The normalized spacial score (nSPS) is 15.7. The molecule has 648 valence electrons. The topological polar surface area (TPSA) is 240 Å². The number of hydrogen-bond donors (Lipinski definition) is 5. The minimum Gasteiger partial charge on any atom is -0.444 e. The average molecular weight is 1940 g/mol. The summed E-state index contributed by atoms with van der Waals surface area (Å²) < 4.78 is 42.3. The molecule has 11 heterocycles. The van der Waals surface area contributed by atoms with Gasteiger partial charge in [-0.05, 0) is 216 Å². The summed E-state index contributed by atoms with van der Waals surface area (Å²) >= 11 is 55.6. The van der Waals surface area contributed by atoms with Crippen LogP contribution in [-0.2, 0) is 14.2 Å². The molecule has 36 heteroatoms. The molecular formula is C81H112Cl10F2IN17O6. The second kappa shape index (κ2) is 54.0. The van der Waals surface area contributed by atoms with E-state index in [0.717, 1.165) is 153 Å². The van der Waals surface area contributed by atoms with E-state index in [4.69, 9.17) is 124 Å². The lowest BCUT2D eigenvalue weighted by Crippen LogP contribution is -2.39. The van der Waals surface area contributed by atoms with Crippen LogP contribution in [0.15, 0.2) is 97.7 Å². The van der Waals surface area contributed by atoms with Crippen molar-refractivity contribution in [2.45, 2.75) is 126 Å². The smallest absolute Gasteiger partial charge is 0.410 e. The van der Waals surface area contributed by atoms with Crippen LogP contribution in [0.1, 0.15) is 111 Å². The summed E-state index contributed by atoms with van der Waals surface area (Å²) in [5, 5.41) is 16.5. The first-order valence-electron chi connectivity index (χ1n) is 38.2. The van der Waals surface area contributed by atoms with Gasteiger partial charge >= 0.3 is 18.2 Å². The van der Waals surface area contributed by atoms with Crippen LogP contribution in [0, 0.1) is 36.0 Å². The Morgan fingerprint density at radius 2 is 0.821 bits per heavy atom. The minimum atomic E-state index is -0.514. The Morgan fingerprint density at radius 3 is 1.23 bits per heavy atom. The number of nitrogens with zero attached hydrogens (tertiary/aromatic N) is 12. The van der Waals surface area contributed by atoms with Gasteiger partial charge in [-0.25, -0.2) is 33.1 Å². The Balaban J connectivity index is 0.000000294.